The Morgan fingerprint density at radius 2 is 1.80 bits per heavy atom. The van der Waals surface area contributed by atoms with E-state index in [0.29, 0.717) is 12.8 Å². The van der Waals surface area contributed by atoms with E-state index in [1.54, 1.807) is 0 Å². The predicted octanol–water partition coefficient (Wildman–Crippen LogP) is 1.46. The Bertz CT molecular complexity index is 533. The predicted molar refractivity (Wildman–Crippen MR) is 65.4 cm³/mol. The van der Waals surface area contributed by atoms with E-state index in [9.17, 15) is 23.5 Å². The van der Waals surface area contributed by atoms with Crippen LogP contribution in [0.15, 0.2) is 18.2 Å². The molecule has 1 N–H and O–H groups in total. The number of nitrogens with one attached hydrogen (secondary N) is 1. The van der Waals surface area contributed by atoms with E-state index in [2.05, 4.69) is 5.32 Å². The first-order chi connectivity index (χ1) is 9.49. The molecule has 0 unspecified atom stereocenters. The van der Waals surface area contributed by atoms with Crippen molar-refractivity contribution < 1.29 is 23.5 Å². The molecule has 1 aromatic rings. The van der Waals surface area contributed by atoms with Crippen LogP contribution in [0.4, 0.5) is 14.5 Å². The average Bonchev–Trinajstić information content (AvgIpc) is 2.42. The lowest BCUT2D eigenvalue weighted by atomic mass is 9.78. The largest absolute Gasteiger partial charge is 0.550 e. The molecule has 1 fully saturated rings. The number of amides is 1. The molecule has 0 saturated heterocycles. The second kappa shape index (κ2) is 5.98. The minimum absolute atomic E-state index is 0.280. The van der Waals surface area contributed by atoms with E-state index >= 15 is 0 Å². The molecule has 1 aliphatic rings. The molecule has 1 amide bonds. The maximum absolute atomic E-state index is 13.4. The number of benzene rings is 1. The van der Waals surface area contributed by atoms with Crippen molar-refractivity contribution >= 4 is 17.6 Å². The highest BCUT2D eigenvalue weighted by atomic mass is 19.1. The zero-order valence-electron chi connectivity index (χ0n) is 10.7. The molecular weight excluding hydrogens is 268 g/mol. The van der Waals surface area contributed by atoms with Crippen molar-refractivity contribution in [1.29, 1.82) is 0 Å². The fraction of sp³-hybridized carbons (Fsp3) is 0.429. The van der Waals surface area contributed by atoms with Crippen molar-refractivity contribution in [3.63, 3.8) is 0 Å². The van der Waals surface area contributed by atoms with E-state index in [-0.39, 0.29) is 5.69 Å². The number of halogens is 2. The van der Waals surface area contributed by atoms with Gasteiger partial charge in [-0.1, -0.05) is 12.8 Å². The molecule has 0 spiro atoms. The minimum atomic E-state index is -1.27. The van der Waals surface area contributed by atoms with Gasteiger partial charge in [-0.3, -0.25) is 4.79 Å². The number of carbonyl (C=O) groups is 2. The van der Waals surface area contributed by atoms with Gasteiger partial charge in [0.25, 0.3) is 0 Å². The molecular formula is C14H14F2NO3-. The standard InChI is InChI=1S/C14H15F2NO3/c15-8-5-6-11(16)12(7-8)17-13(18)9-3-1-2-4-10(9)14(19)20/h5-7,9-10H,1-4H2,(H,17,18)(H,19,20)/p-1/t9-,10+/m0/s1. The van der Waals surface area contributed by atoms with Crippen molar-refractivity contribution in [3.05, 3.63) is 29.8 Å². The number of carbonyl (C=O) groups excluding carboxylic acids is 2. The zero-order valence-corrected chi connectivity index (χ0v) is 10.7. The molecule has 1 aromatic carbocycles. The maximum Gasteiger partial charge on any atom is 0.228 e. The molecule has 0 bridgehead atoms. The van der Waals surface area contributed by atoms with E-state index in [1.807, 2.05) is 0 Å². The van der Waals surface area contributed by atoms with Gasteiger partial charge in [0.05, 0.1) is 5.69 Å². The smallest absolute Gasteiger partial charge is 0.228 e. The molecule has 108 valence electrons. The average molecular weight is 282 g/mol. The Morgan fingerprint density at radius 3 is 2.45 bits per heavy atom. The second-order valence-electron chi connectivity index (χ2n) is 4.93. The first-order valence-corrected chi connectivity index (χ1v) is 6.46. The lowest BCUT2D eigenvalue weighted by Crippen LogP contribution is -2.42. The van der Waals surface area contributed by atoms with Crippen LogP contribution in [-0.2, 0) is 9.59 Å². The van der Waals surface area contributed by atoms with Crippen LogP contribution in [0.1, 0.15) is 25.7 Å². The van der Waals surface area contributed by atoms with Gasteiger partial charge in [-0.15, -0.1) is 0 Å². The fourth-order valence-electron chi connectivity index (χ4n) is 2.55. The number of hydrogen-bond acceptors (Lipinski definition) is 3. The summed E-state index contributed by atoms with van der Waals surface area (Å²) in [5.41, 5.74) is -0.280. The Hall–Kier alpha value is -1.98. The quantitative estimate of drug-likeness (QED) is 0.912. The van der Waals surface area contributed by atoms with Crippen molar-refractivity contribution in [2.45, 2.75) is 25.7 Å². The van der Waals surface area contributed by atoms with Crippen LogP contribution in [0, 0.1) is 23.5 Å². The van der Waals surface area contributed by atoms with Crippen molar-refractivity contribution in [2.75, 3.05) is 5.32 Å². The molecule has 2 rings (SSSR count). The second-order valence-corrected chi connectivity index (χ2v) is 4.93. The Morgan fingerprint density at radius 1 is 1.15 bits per heavy atom. The summed E-state index contributed by atoms with van der Waals surface area (Å²) in [6.45, 7) is 0. The summed E-state index contributed by atoms with van der Waals surface area (Å²) >= 11 is 0. The Kier molecular flexibility index (Phi) is 4.32. The van der Waals surface area contributed by atoms with Gasteiger partial charge < -0.3 is 15.2 Å². The fourth-order valence-corrected chi connectivity index (χ4v) is 2.55. The molecule has 1 aliphatic carbocycles. The SMILES string of the molecule is O=C(Nc1cc(F)ccc1F)[C@H]1CCCC[C@H]1C(=O)[O-]. The van der Waals surface area contributed by atoms with Gasteiger partial charge >= 0.3 is 0 Å². The van der Waals surface area contributed by atoms with Crippen LogP contribution < -0.4 is 10.4 Å². The molecule has 0 heterocycles. The van der Waals surface area contributed by atoms with E-state index in [0.717, 1.165) is 31.0 Å². The Labute approximate surface area is 114 Å². The molecule has 0 aromatic heterocycles. The number of hydrogen-bond donors (Lipinski definition) is 1. The number of rotatable bonds is 3. The third-order valence-electron chi connectivity index (χ3n) is 3.59. The van der Waals surface area contributed by atoms with Gasteiger partial charge in [-0.2, -0.15) is 0 Å². The highest BCUT2D eigenvalue weighted by Gasteiger charge is 2.32. The van der Waals surface area contributed by atoms with E-state index in [4.69, 9.17) is 0 Å². The number of carboxylic acid groups (broad SMARTS) is 1. The molecule has 0 radical (unpaired) electrons. The summed E-state index contributed by atoms with van der Waals surface area (Å²) in [5.74, 6) is -4.97. The maximum atomic E-state index is 13.4. The van der Waals surface area contributed by atoms with Crippen LogP contribution in [0.5, 0.6) is 0 Å². The molecule has 4 nitrogen and oxygen atoms in total. The summed E-state index contributed by atoms with van der Waals surface area (Å²) in [4.78, 5) is 23.1. The first-order valence-electron chi connectivity index (χ1n) is 6.46. The van der Waals surface area contributed by atoms with Crippen molar-refractivity contribution in [2.24, 2.45) is 11.8 Å². The zero-order chi connectivity index (χ0) is 14.7. The first kappa shape index (κ1) is 14.4. The molecule has 2 atom stereocenters. The summed E-state index contributed by atoms with van der Waals surface area (Å²) in [6, 6.07) is 2.71. The van der Waals surface area contributed by atoms with Crippen LogP contribution >= 0.6 is 0 Å². The summed E-state index contributed by atoms with van der Waals surface area (Å²) < 4.78 is 26.5. The molecule has 6 heteroatoms. The van der Waals surface area contributed by atoms with Crippen LogP contribution in [0.2, 0.25) is 0 Å². The summed E-state index contributed by atoms with van der Waals surface area (Å²) in [7, 11) is 0. The van der Waals surface area contributed by atoms with E-state index < -0.39 is 35.3 Å². The highest BCUT2D eigenvalue weighted by Crippen LogP contribution is 2.31. The number of anilines is 1. The lowest BCUT2D eigenvalue weighted by Gasteiger charge is -2.31. The highest BCUT2D eigenvalue weighted by molar-refractivity contribution is 5.95. The number of carboxylic acids is 1. The van der Waals surface area contributed by atoms with Gasteiger partial charge in [0, 0.05) is 23.9 Å². The van der Waals surface area contributed by atoms with Crippen molar-refractivity contribution in [1.82, 2.24) is 0 Å². The third-order valence-corrected chi connectivity index (χ3v) is 3.59. The number of aliphatic carboxylic acids is 1. The van der Waals surface area contributed by atoms with Gasteiger partial charge in [0.15, 0.2) is 0 Å². The molecule has 0 aliphatic heterocycles. The lowest BCUT2D eigenvalue weighted by molar-refractivity contribution is -0.313. The normalized spacial score (nSPS) is 22.3. The van der Waals surface area contributed by atoms with Crippen LogP contribution in [0.3, 0.4) is 0 Å². The van der Waals surface area contributed by atoms with Gasteiger partial charge in [-0.25, -0.2) is 8.78 Å². The van der Waals surface area contributed by atoms with Gasteiger partial charge in [0.1, 0.15) is 11.6 Å². The van der Waals surface area contributed by atoms with E-state index in [1.165, 1.54) is 0 Å². The third kappa shape index (κ3) is 3.12. The van der Waals surface area contributed by atoms with Crippen LogP contribution in [-0.4, -0.2) is 11.9 Å². The monoisotopic (exact) mass is 282 g/mol. The van der Waals surface area contributed by atoms with Crippen molar-refractivity contribution in [3.8, 4) is 0 Å². The topological polar surface area (TPSA) is 69.2 Å². The molecule has 20 heavy (non-hydrogen) atoms. The summed E-state index contributed by atoms with van der Waals surface area (Å²) in [5, 5.41) is 13.3. The molecule has 1 saturated carbocycles. The summed E-state index contributed by atoms with van der Waals surface area (Å²) in [6.07, 6.45) is 2.22. The minimum Gasteiger partial charge on any atom is -0.550 e. The van der Waals surface area contributed by atoms with Crippen LogP contribution in [0.25, 0.3) is 0 Å². The van der Waals surface area contributed by atoms with Gasteiger partial charge in [-0.05, 0) is 25.0 Å². The van der Waals surface area contributed by atoms with Gasteiger partial charge in [0.2, 0.25) is 5.91 Å². The Balaban J connectivity index is 2.14.